The molecule has 0 aliphatic carbocycles. The van der Waals surface area contributed by atoms with Gasteiger partial charge in [-0.25, -0.2) is 4.98 Å². The molecule has 0 aliphatic rings. The van der Waals surface area contributed by atoms with Gasteiger partial charge in [-0.2, -0.15) is 0 Å². The van der Waals surface area contributed by atoms with Gasteiger partial charge in [-0.05, 0) is 12.1 Å². The molecular weight excluding hydrogens is 306 g/mol. The molecule has 114 valence electrons. The first-order chi connectivity index (χ1) is 10.5. The molecule has 2 amide bonds. The minimum atomic E-state index is -0.512. The van der Waals surface area contributed by atoms with Crippen molar-refractivity contribution < 1.29 is 19.1 Å². The monoisotopic (exact) mass is 319 g/mol. The van der Waals surface area contributed by atoms with E-state index in [1.165, 1.54) is 32.2 Å². The fourth-order valence-electron chi connectivity index (χ4n) is 1.63. The first-order valence-electron chi connectivity index (χ1n) is 6.28. The number of anilines is 2. The molecule has 8 heteroatoms. The van der Waals surface area contributed by atoms with Crippen molar-refractivity contribution in [3.05, 3.63) is 36.0 Å². The second-order valence-corrected chi connectivity index (χ2v) is 5.29. The van der Waals surface area contributed by atoms with Gasteiger partial charge in [-0.3, -0.25) is 19.7 Å². The summed E-state index contributed by atoms with van der Waals surface area (Å²) < 4.78 is 4.99. The van der Waals surface area contributed by atoms with Crippen molar-refractivity contribution in [2.45, 2.75) is 13.8 Å². The Morgan fingerprint density at radius 1 is 1.14 bits per heavy atom. The van der Waals surface area contributed by atoms with E-state index >= 15 is 0 Å². The molecule has 1 aromatic heterocycles. The number of esters is 1. The second kappa shape index (κ2) is 6.81. The first kappa shape index (κ1) is 15.6. The summed E-state index contributed by atoms with van der Waals surface area (Å²) in [4.78, 5) is 38.2. The summed E-state index contributed by atoms with van der Waals surface area (Å²) in [5.41, 5.74) is 0.217. The van der Waals surface area contributed by atoms with E-state index in [9.17, 15) is 14.4 Å². The van der Waals surface area contributed by atoms with Gasteiger partial charge in [0.1, 0.15) is 10.8 Å². The number of para-hydroxylation sites is 1. The molecule has 1 heterocycles. The molecule has 0 aliphatic heterocycles. The number of carbonyl (C=O) groups is 3. The van der Waals surface area contributed by atoms with Crippen LogP contribution in [0.3, 0.4) is 0 Å². The quantitative estimate of drug-likeness (QED) is 0.665. The maximum atomic E-state index is 12.2. The molecule has 2 rings (SSSR count). The molecule has 0 fully saturated rings. The Labute approximate surface area is 130 Å². The molecule has 0 saturated heterocycles. The Morgan fingerprint density at radius 3 is 2.55 bits per heavy atom. The van der Waals surface area contributed by atoms with E-state index in [1.807, 2.05) is 0 Å². The predicted molar refractivity (Wildman–Crippen MR) is 82.1 cm³/mol. The number of nitrogens with zero attached hydrogens (tertiary/aromatic N) is 1. The van der Waals surface area contributed by atoms with E-state index in [2.05, 4.69) is 15.6 Å². The van der Waals surface area contributed by atoms with E-state index < -0.39 is 11.9 Å². The van der Waals surface area contributed by atoms with Crippen LogP contribution in [0.1, 0.15) is 24.2 Å². The van der Waals surface area contributed by atoms with Gasteiger partial charge in [0.15, 0.2) is 5.13 Å². The fraction of sp³-hybridized carbons (Fsp3) is 0.143. The zero-order valence-corrected chi connectivity index (χ0v) is 12.7. The number of carbonyl (C=O) groups excluding carboxylic acids is 3. The normalized spacial score (nSPS) is 9.91. The number of aromatic nitrogens is 1. The van der Waals surface area contributed by atoms with Crippen LogP contribution in [-0.2, 0) is 9.59 Å². The average Bonchev–Trinajstić information content (AvgIpc) is 2.84. The van der Waals surface area contributed by atoms with Crippen molar-refractivity contribution in [2.24, 2.45) is 0 Å². The lowest BCUT2D eigenvalue weighted by Crippen LogP contribution is -2.14. The van der Waals surface area contributed by atoms with Crippen LogP contribution in [0.4, 0.5) is 10.1 Å². The highest BCUT2D eigenvalue weighted by Gasteiger charge is 2.15. The van der Waals surface area contributed by atoms with E-state index in [-0.39, 0.29) is 17.2 Å². The third-order valence-electron chi connectivity index (χ3n) is 2.41. The van der Waals surface area contributed by atoms with Crippen molar-refractivity contribution in [2.75, 3.05) is 10.6 Å². The van der Waals surface area contributed by atoms with Gasteiger partial charge in [-0.1, -0.05) is 23.5 Å². The van der Waals surface area contributed by atoms with E-state index in [0.29, 0.717) is 10.1 Å². The van der Waals surface area contributed by atoms with E-state index in [1.54, 1.807) is 12.1 Å². The Hall–Kier alpha value is -2.74. The lowest BCUT2D eigenvalue weighted by molar-refractivity contribution is -0.131. The smallest absolute Gasteiger partial charge is 0.308 e. The predicted octanol–water partition coefficient (Wildman–Crippen LogP) is 2.28. The second-order valence-electron chi connectivity index (χ2n) is 4.25. The molecule has 0 spiro atoms. The summed E-state index contributed by atoms with van der Waals surface area (Å²) in [5.74, 6) is -1.02. The average molecular weight is 319 g/mol. The Kier molecular flexibility index (Phi) is 4.84. The number of rotatable bonds is 4. The van der Waals surface area contributed by atoms with E-state index in [0.717, 1.165) is 11.3 Å². The van der Waals surface area contributed by atoms with Crippen molar-refractivity contribution in [3.63, 3.8) is 0 Å². The van der Waals surface area contributed by atoms with Crippen molar-refractivity contribution in [3.8, 4) is 5.75 Å². The van der Waals surface area contributed by atoms with Crippen LogP contribution in [0.15, 0.2) is 30.5 Å². The molecular formula is C14H13N3O4S. The molecule has 7 nitrogen and oxygen atoms in total. The summed E-state index contributed by atoms with van der Waals surface area (Å²) in [6.07, 6.45) is 1.44. The van der Waals surface area contributed by atoms with Crippen LogP contribution in [0.5, 0.6) is 5.75 Å². The van der Waals surface area contributed by atoms with Crippen LogP contribution < -0.4 is 15.4 Å². The van der Waals surface area contributed by atoms with Gasteiger partial charge in [0.05, 0.1) is 11.8 Å². The Balaban J connectivity index is 2.14. The third-order valence-corrected chi connectivity index (χ3v) is 3.24. The molecule has 2 N–H and O–H groups in total. The summed E-state index contributed by atoms with van der Waals surface area (Å²) in [6.45, 7) is 2.64. The van der Waals surface area contributed by atoms with Crippen LogP contribution in [0.2, 0.25) is 0 Å². The molecule has 0 bridgehead atoms. The van der Waals surface area contributed by atoms with Crippen molar-refractivity contribution in [1.82, 2.24) is 4.98 Å². The fourth-order valence-corrected chi connectivity index (χ4v) is 2.38. The van der Waals surface area contributed by atoms with Crippen LogP contribution in [0, 0.1) is 0 Å². The maximum Gasteiger partial charge on any atom is 0.308 e. The number of thiazole rings is 1. The third kappa shape index (κ3) is 4.13. The Bertz CT molecular complexity index is 726. The van der Waals surface area contributed by atoms with Gasteiger partial charge in [-0.15, -0.1) is 0 Å². The molecule has 0 atom stereocenters. The number of hydrogen-bond donors (Lipinski definition) is 2. The number of benzene rings is 1. The van der Waals surface area contributed by atoms with E-state index in [4.69, 9.17) is 4.74 Å². The lowest BCUT2D eigenvalue weighted by atomic mass is 10.2. The highest BCUT2D eigenvalue weighted by Crippen LogP contribution is 2.25. The first-order valence-corrected chi connectivity index (χ1v) is 7.09. The zero-order chi connectivity index (χ0) is 16.1. The maximum absolute atomic E-state index is 12.2. The molecule has 1 aromatic carbocycles. The molecule has 22 heavy (non-hydrogen) atoms. The van der Waals surface area contributed by atoms with Crippen molar-refractivity contribution in [1.29, 1.82) is 0 Å². The minimum Gasteiger partial charge on any atom is -0.426 e. The zero-order valence-electron chi connectivity index (χ0n) is 11.9. The van der Waals surface area contributed by atoms with Gasteiger partial charge >= 0.3 is 5.97 Å². The number of nitrogens with one attached hydrogen (secondary N) is 2. The van der Waals surface area contributed by atoms with Gasteiger partial charge in [0.25, 0.3) is 5.91 Å². The molecule has 2 aromatic rings. The summed E-state index contributed by atoms with van der Waals surface area (Å²) in [5, 5.41) is 6.01. The molecule has 0 radical (unpaired) electrons. The number of ether oxygens (including phenoxy) is 1. The summed E-state index contributed by atoms with van der Waals surface area (Å²) in [7, 11) is 0. The number of amides is 2. The minimum absolute atomic E-state index is 0.172. The van der Waals surface area contributed by atoms with Gasteiger partial charge < -0.3 is 10.1 Å². The van der Waals surface area contributed by atoms with Crippen LogP contribution >= 0.6 is 11.3 Å². The largest absolute Gasteiger partial charge is 0.426 e. The van der Waals surface area contributed by atoms with Crippen LogP contribution in [0.25, 0.3) is 0 Å². The molecule has 0 unspecified atom stereocenters. The van der Waals surface area contributed by atoms with Crippen LogP contribution in [-0.4, -0.2) is 22.8 Å². The van der Waals surface area contributed by atoms with Crippen molar-refractivity contribution >= 4 is 39.3 Å². The number of hydrogen-bond acceptors (Lipinski definition) is 6. The SMILES string of the molecule is CC(=O)Nc1cnc(NC(=O)c2ccccc2OC(C)=O)s1. The summed E-state index contributed by atoms with van der Waals surface area (Å²) in [6, 6.07) is 6.39. The lowest BCUT2D eigenvalue weighted by Gasteiger charge is -2.07. The Morgan fingerprint density at radius 2 is 1.86 bits per heavy atom. The van der Waals surface area contributed by atoms with Gasteiger partial charge in [0.2, 0.25) is 5.91 Å². The topological polar surface area (TPSA) is 97.4 Å². The summed E-state index contributed by atoms with van der Waals surface area (Å²) >= 11 is 1.12. The standard InChI is InChI=1S/C14H13N3O4S/c1-8(18)16-12-7-15-14(22-12)17-13(20)10-5-3-4-6-11(10)21-9(2)19/h3-7H,1-2H3,(H,16,18)(H,15,17,20). The molecule has 0 saturated carbocycles. The highest BCUT2D eigenvalue weighted by atomic mass is 32.1. The highest BCUT2D eigenvalue weighted by molar-refractivity contribution is 7.19. The van der Waals surface area contributed by atoms with Gasteiger partial charge in [0, 0.05) is 13.8 Å².